The molecule has 1 N–H and O–H groups in total. The Balaban J connectivity index is 3.03. The van der Waals surface area contributed by atoms with E-state index in [1.54, 1.807) is 6.92 Å². The zero-order valence-electron chi connectivity index (χ0n) is 7.44. The van der Waals surface area contributed by atoms with Gasteiger partial charge < -0.3 is 10.2 Å². The van der Waals surface area contributed by atoms with Gasteiger partial charge in [-0.3, -0.25) is 0 Å². The predicted molar refractivity (Wildman–Crippen MR) is 47.2 cm³/mol. The van der Waals surface area contributed by atoms with E-state index < -0.39 is 0 Å². The Bertz CT molecular complexity index is 124. The molecule has 0 radical (unpaired) electrons. The standard InChI is InChI=1S/C9H17NO/c1-8(10)6-4-3-5-7-9(2)11/h10H,3-7H2,1-2H3. The van der Waals surface area contributed by atoms with Crippen LogP contribution in [0.1, 0.15) is 46.0 Å². The zero-order chi connectivity index (χ0) is 8.69. The molecule has 0 atom stereocenters. The predicted octanol–water partition coefficient (Wildman–Crippen LogP) is 2.57. The number of Topliss-reactive ketones (excluding diaryl/α,β-unsaturated/α-hetero) is 1. The zero-order valence-corrected chi connectivity index (χ0v) is 7.44. The van der Waals surface area contributed by atoms with Crippen LogP contribution in [0, 0.1) is 5.41 Å². The molecule has 0 fully saturated rings. The minimum atomic E-state index is 0.275. The Morgan fingerprint density at radius 2 is 1.64 bits per heavy atom. The fraction of sp³-hybridized carbons (Fsp3) is 0.778. The van der Waals surface area contributed by atoms with E-state index in [1.807, 2.05) is 6.92 Å². The monoisotopic (exact) mass is 155 g/mol. The average Bonchev–Trinajstić information content (AvgIpc) is 1.85. The second kappa shape index (κ2) is 6.08. The maximum Gasteiger partial charge on any atom is 0.129 e. The largest absolute Gasteiger partial charge is 0.310 e. The second-order valence-corrected chi connectivity index (χ2v) is 3.04. The molecule has 0 aromatic carbocycles. The molecule has 0 unspecified atom stereocenters. The summed E-state index contributed by atoms with van der Waals surface area (Å²) in [5.74, 6) is 0.275. The lowest BCUT2D eigenvalue weighted by Gasteiger charge is -1.97. The highest BCUT2D eigenvalue weighted by atomic mass is 16.1. The molecule has 0 aliphatic carbocycles. The van der Waals surface area contributed by atoms with Crippen molar-refractivity contribution in [2.24, 2.45) is 0 Å². The molecule has 0 aliphatic heterocycles. The molecule has 2 heteroatoms. The third-order valence-electron chi connectivity index (χ3n) is 1.58. The molecule has 64 valence electrons. The van der Waals surface area contributed by atoms with Crippen molar-refractivity contribution < 1.29 is 4.79 Å². The van der Waals surface area contributed by atoms with Gasteiger partial charge in [0, 0.05) is 12.1 Å². The Hall–Kier alpha value is -0.660. The lowest BCUT2D eigenvalue weighted by Crippen LogP contribution is -1.91. The van der Waals surface area contributed by atoms with Gasteiger partial charge in [0.25, 0.3) is 0 Å². The Kier molecular flexibility index (Phi) is 5.71. The molecule has 0 aliphatic rings. The highest BCUT2D eigenvalue weighted by Crippen LogP contribution is 2.03. The van der Waals surface area contributed by atoms with Crippen LogP contribution in [-0.4, -0.2) is 11.5 Å². The van der Waals surface area contributed by atoms with E-state index in [2.05, 4.69) is 0 Å². The van der Waals surface area contributed by atoms with Crippen molar-refractivity contribution in [2.45, 2.75) is 46.0 Å². The van der Waals surface area contributed by atoms with E-state index in [-0.39, 0.29) is 5.78 Å². The third-order valence-corrected chi connectivity index (χ3v) is 1.58. The van der Waals surface area contributed by atoms with E-state index >= 15 is 0 Å². The van der Waals surface area contributed by atoms with E-state index in [9.17, 15) is 4.79 Å². The summed E-state index contributed by atoms with van der Waals surface area (Å²) in [6.45, 7) is 3.45. The highest BCUT2D eigenvalue weighted by molar-refractivity contribution is 5.78. The van der Waals surface area contributed by atoms with Crippen molar-refractivity contribution >= 4 is 11.5 Å². The summed E-state index contributed by atoms with van der Waals surface area (Å²) in [6.07, 6.45) is 4.72. The maximum atomic E-state index is 10.5. The van der Waals surface area contributed by atoms with Crippen molar-refractivity contribution in [3.63, 3.8) is 0 Å². The van der Waals surface area contributed by atoms with Gasteiger partial charge in [-0.1, -0.05) is 6.42 Å². The summed E-state index contributed by atoms with van der Waals surface area (Å²) in [6, 6.07) is 0. The first-order chi connectivity index (χ1) is 5.13. The van der Waals surface area contributed by atoms with E-state index in [0.29, 0.717) is 6.42 Å². The van der Waals surface area contributed by atoms with Crippen LogP contribution in [0.4, 0.5) is 0 Å². The minimum Gasteiger partial charge on any atom is -0.310 e. The van der Waals surface area contributed by atoms with E-state index in [1.165, 1.54) is 0 Å². The molecule has 0 spiro atoms. The first-order valence-electron chi connectivity index (χ1n) is 4.16. The van der Waals surface area contributed by atoms with Crippen LogP contribution >= 0.6 is 0 Å². The Morgan fingerprint density at radius 3 is 2.09 bits per heavy atom. The van der Waals surface area contributed by atoms with Crippen LogP contribution in [0.25, 0.3) is 0 Å². The van der Waals surface area contributed by atoms with E-state index in [4.69, 9.17) is 5.41 Å². The van der Waals surface area contributed by atoms with Gasteiger partial charge >= 0.3 is 0 Å². The van der Waals surface area contributed by atoms with Crippen molar-refractivity contribution in [2.75, 3.05) is 0 Å². The summed E-state index contributed by atoms with van der Waals surface area (Å²) >= 11 is 0. The molecule has 0 saturated carbocycles. The summed E-state index contributed by atoms with van der Waals surface area (Å²) in [5, 5.41) is 7.15. The van der Waals surface area contributed by atoms with Crippen LogP contribution in [-0.2, 0) is 4.79 Å². The molecule has 0 aromatic rings. The molecular weight excluding hydrogens is 138 g/mol. The number of carbonyl (C=O) groups is 1. The topological polar surface area (TPSA) is 40.9 Å². The van der Waals surface area contributed by atoms with Gasteiger partial charge in [-0.25, -0.2) is 0 Å². The van der Waals surface area contributed by atoms with Crippen molar-refractivity contribution in [1.82, 2.24) is 0 Å². The summed E-state index contributed by atoms with van der Waals surface area (Å²) in [5.41, 5.74) is 0.743. The minimum absolute atomic E-state index is 0.275. The number of rotatable bonds is 6. The molecular formula is C9H17NO. The van der Waals surface area contributed by atoms with Gasteiger partial charge in [-0.15, -0.1) is 0 Å². The lowest BCUT2D eigenvalue weighted by molar-refractivity contribution is -0.117. The summed E-state index contributed by atoms with van der Waals surface area (Å²) in [4.78, 5) is 10.5. The van der Waals surface area contributed by atoms with Gasteiger partial charge in [0.2, 0.25) is 0 Å². The number of hydrogen-bond donors (Lipinski definition) is 1. The first kappa shape index (κ1) is 10.3. The lowest BCUT2D eigenvalue weighted by atomic mass is 10.1. The fourth-order valence-corrected chi connectivity index (χ4v) is 0.941. The Morgan fingerprint density at radius 1 is 1.09 bits per heavy atom. The molecule has 0 heterocycles. The van der Waals surface area contributed by atoms with E-state index in [0.717, 1.165) is 31.4 Å². The quantitative estimate of drug-likeness (QED) is 0.465. The Labute approximate surface area is 68.5 Å². The van der Waals surface area contributed by atoms with Gasteiger partial charge in [0.15, 0.2) is 0 Å². The van der Waals surface area contributed by atoms with Gasteiger partial charge in [0.1, 0.15) is 5.78 Å². The normalized spacial score (nSPS) is 9.64. The SMILES string of the molecule is CC(=N)CCCCCC(C)=O. The third kappa shape index (κ3) is 9.34. The molecule has 0 amide bonds. The highest BCUT2D eigenvalue weighted by Gasteiger charge is 1.94. The number of hydrogen-bond acceptors (Lipinski definition) is 2. The maximum absolute atomic E-state index is 10.5. The summed E-state index contributed by atoms with van der Waals surface area (Å²) in [7, 11) is 0. The fourth-order valence-electron chi connectivity index (χ4n) is 0.941. The van der Waals surface area contributed by atoms with Crippen LogP contribution < -0.4 is 0 Å². The van der Waals surface area contributed by atoms with Crippen LogP contribution in [0.5, 0.6) is 0 Å². The number of unbranched alkanes of at least 4 members (excludes halogenated alkanes) is 2. The number of ketones is 1. The molecule has 2 nitrogen and oxygen atoms in total. The smallest absolute Gasteiger partial charge is 0.129 e. The molecule has 0 rings (SSSR count). The second-order valence-electron chi connectivity index (χ2n) is 3.04. The van der Waals surface area contributed by atoms with Gasteiger partial charge in [-0.2, -0.15) is 0 Å². The van der Waals surface area contributed by atoms with Crippen LogP contribution in [0.3, 0.4) is 0 Å². The average molecular weight is 155 g/mol. The summed E-state index contributed by atoms with van der Waals surface area (Å²) < 4.78 is 0. The first-order valence-corrected chi connectivity index (χ1v) is 4.16. The van der Waals surface area contributed by atoms with Gasteiger partial charge in [-0.05, 0) is 33.1 Å². The number of carbonyl (C=O) groups excluding carboxylic acids is 1. The van der Waals surface area contributed by atoms with Crippen molar-refractivity contribution in [1.29, 1.82) is 5.41 Å². The molecule has 11 heavy (non-hydrogen) atoms. The van der Waals surface area contributed by atoms with Crippen LogP contribution in [0.2, 0.25) is 0 Å². The van der Waals surface area contributed by atoms with Crippen LogP contribution in [0.15, 0.2) is 0 Å². The van der Waals surface area contributed by atoms with Crippen molar-refractivity contribution in [3.8, 4) is 0 Å². The van der Waals surface area contributed by atoms with Crippen molar-refractivity contribution in [3.05, 3.63) is 0 Å². The van der Waals surface area contributed by atoms with Gasteiger partial charge in [0.05, 0.1) is 0 Å². The molecule has 0 saturated heterocycles. The number of nitrogens with one attached hydrogen (secondary N) is 1. The molecule has 0 bridgehead atoms. The molecule has 0 aromatic heterocycles.